The van der Waals surface area contributed by atoms with Gasteiger partial charge in [-0.3, -0.25) is 9.00 Å². The molecule has 2 saturated heterocycles. The van der Waals surface area contributed by atoms with Gasteiger partial charge in [0.05, 0.1) is 23.7 Å². The fourth-order valence-corrected chi connectivity index (χ4v) is 5.92. The zero-order valence-electron chi connectivity index (χ0n) is 20.2. The first kappa shape index (κ1) is 24.9. The lowest BCUT2D eigenvalue weighted by atomic mass is 10.00. The van der Waals surface area contributed by atoms with E-state index in [9.17, 15) is 9.00 Å². The van der Waals surface area contributed by atoms with Gasteiger partial charge in [0, 0.05) is 17.5 Å². The first-order valence-electron chi connectivity index (χ1n) is 12.5. The van der Waals surface area contributed by atoms with Crippen molar-refractivity contribution in [1.82, 2.24) is 15.1 Å². The van der Waals surface area contributed by atoms with Gasteiger partial charge in [-0.2, -0.15) is 0 Å². The number of benzene rings is 1. The highest BCUT2D eigenvalue weighted by Gasteiger charge is 2.25. The largest absolute Gasteiger partial charge is 0.497 e. The highest BCUT2D eigenvalue weighted by atomic mass is 32.2. The van der Waals surface area contributed by atoms with E-state index in [1.165, 1.54) is 45.2 Å². The van der Waals surface area contributed by atoms with E-state index in [0.717, 1.165) is 37.8 Å². The molecule has 1 unspecified atom stereocenters. The van der Waals surface area contributed by atoms with Crippen molar-refractivity contribution in [2.24, 2.45) is 0 Å². The van der Waals surface area contributed by atoms with Gasteiger partial charge < -0.3 is 24.3 Å². The summed E-state index contributed by atoms with van der Waals surface area (Å²) in [6, 6.07) is 11.3. The molecule has 0 radical (unpaired) electrons. The van der Waals surface area contributed by atoms with Gasteiger partial charge in [-0.05, 0) is 101 Å². The summed E-state index contributed by atoms with van der Waals surface area (Å²) < 4.78 is 23.4. The fourth-order valence-electron chi connectivity index (χ4n) is 4.90. The van der Waals surface area contributed by atoms with Gasteiger partial charge in [0.25, 0.3) is 5.91 Å². The van der Waals surface area contributed by atoms with E-state index in [2.05, 4.69) is 15.1 Å². The van der Waals surface area contributed by atoms with Crippen molar-refractivity contribution in [3.63, 3.8) is 0 Å². The van der Waals surface area contributed by atoms with Crippen LogP contribution >= 0.6 is 0 Å². The van der Waals surface area contributed by atoms with Crippen molar-refractivity contribution in [3.05, 3.63) is 47.9 Å². The minimum absolute atomic E-state index is 0.217. The number of furan rings is 1. The molecule has 0 saturated carbocycles. The third-order valence-corrected chi connectivity index (χ3v) is 8.23. The van der Waals surface area contributed by atoms with Crippen molar-refractivity contribution in [2.75, 3.05) is 46.4 Å². The molecule has 1 aromatic heterocycles. The van der Waals surface area contributed by atoms with E-state index >= 15 is 0 Å². The molecule has 3 heterocycles. The highest BCUT2D eigenvalue weighted by Crippen LogP contribution is 2.21. The van der Waals surface area contributed by atoms with Crippen LogP contribution in [0.1, 0.15) is 54.8 Å². The quantitative estimate of drug-likeness (QED) is 0.516. The van der Waals surface area contributed by atoms with Gasteiger partial charge in [-0.1, -0.05) is 6.42 Å². The third-order valence-electron chi connectivity index (χ3n) is 6.88. The second kappa shape index (κ2) is 12.5. The molecular weight excluding hydrogens is 450 g/mol. The number of carbonyl (C=O) groups excluding carboxylic acids is 1. The zero-order chi connectivity index (χ0) is 23.8. The number of likely N-dealkylation sites (tertiary alicyclic amines) is 2. The molecule has 2 aliphatic heterocycles. The Morgan fingerprint density at radius 3 is 2.50 bits per heavy atom. The molecule has 2 fully saturated rings. The zero-order valence-corrected chi connectivity index (χ0v) is 21.0. The Bertz CT molecular complexity index is 932. The predicted octanol–water partition coefficient (Wildman–Crippen LogP) is 3.67. The van der Waals surface area contributed by atoms with Crippen LogP contribution in [0.4, 0.5) is 0 Å². The molecule has 34 heavy (non-hydrogen) atoms. The van der Waals surface area contributed by atoms with Crippen LogP contribution in [0.2, 0.25) is 0 Å². The van der Waals surface area contributed by atoms with Crippen LogP contribution in [-0.4, -0.2) is 72.3 Å². The van der Waals surface area contributed by atoms with Gasteiger partial charge in [-0.25, -0.2) is 0 Å². The Morgan fingerprint density at radius 1 is 1.06 bits per heavy atom. The van der Waals surface area contributed by atoms with E-state index in [0.29, 0.717) is 17.2 Å². The van der Waals surface area contributed by atoms with Crippen LogP contribution in [0.5, 0.6) is 5.75 Å². The Kier molecular flexibility index (Phi) is 9.18. The number of piperidine rings is 2. The van der Waals surface area contributed by atoms with Crippen molar-refractivity contribution >= 4 is 16.7 Å². The lowest BCUT2D eigenvalue weighted by molar-refractivity contribution is 0.0891. The molecule has 2 aliphatic rings. The number of carbonyl (C=O) groups is 1. The van der Waals surface area contributed by atoms with Gasteiger partial charge >= 0.3 is 0 Å². The summed E-state index contributed by atoms with van der Waals surface area (Å²) in [5.41, 5.74) is 0. The van der Waals surface area contributed by atoms with E-state index in [4.69, 9.17) is 9.15 Å². The Hall–Kier alpha value is -2.16. The van der Waals surface area contributed by atoms with Gasteiger partial charge in [0.15, 0.2) is 5.76 Å². The maximum atomic E-state index is 12.6. The third kappa shape index (κ3) is 6.93. The first-order valence-corrected chi connectivity index (χ1v) is 13.8. The van der Waals surface area contributed by atoms with Crippen LogP contribution in [0.25, 0.3) is 0 Å². The number of methoxy groups -OCH3 is 1. The maximum Gasteiger partial charge on any atom is 0.286 e. The number of ether oxygens (including phenoxy) is 1. The average Bonchev–Trinajstić information content (AvgIpc) is 3.36. The van der Waals surface area contributed by atoms with Crippen LogP contribution in [0, 0.1) is 0 Å². The predicted molar refractivity (Wildman–Crippen MR) is 134 cm³/mol. The van der Waals surface area contributed by atoms with E-state index in [-0.39, 0.29) is 17.4 Å². The molecule has 7 nitrogen and oxygen atoms in total. The number of hydrogen-bond acceptors (Lipinski definition) is 6. The smallest absolute Gasteiger partial charge is 0.286 e. The maximum absolute atomic E-state index is 12.6. The van der Waals surface area contributed by atoms with Crippen molar-refractivity contribution in [1.29, 1.82) is 0 Å². The monoisotopic (exact) mass is 487 g/mol. The molecule has 1 amide bonds. The fraction of sp³-hybridized carbons (Fsp3) is 0.577. The summed E-state index contributed by atoms with van der Waals surface area (Å²) in [5, 5.41) is 2.95. The number of amides is 1. The van der Waals surface area contributed by atoms with Crippen molar-refractivity contribution < 1.29 is 18.2 Å². The summed E-state index contributed by atoms with van der Waals surface area (Å²) in [5.74, 6) is 1.54. The van der Waals surface area contributed by atoms with Gasteiger partial charge in [-0.15, -0.1) is 0 Å². The topological polar surface area (TPSA) is 75.0 Å². The Balaban J connectivity index is 1.13. The van der Waals surface area contributed by atoms with E-state index < -0.39 is 10.8 Å². The van der Waals surface area contributed by atoms with E-state index in [1.807, 2.05) is 0 Å². The Morgan fingerprint density at radius 2 is 1.79 bits per heavy atom. The minimum Gasteiger partial charge on any atom is -0.497 e. The first-order chi connectivity index (χ1) is 16.6. The summed E-state index contributed by atoms with van der Waals surface area (Å²) in [4.78, 5) is 18.4. The highest BCUT2D eigenvalue weighted by molar-refractivity contribution is 7.84. The molecule has 0 spiro atoms. The molecule has 4 rings (SSSR count). The van der Waals surface area contributed by atoms with Crippen molar-refractivity contribution in [2.45, 2.75) is 55.2 Å². The Labute approximate surface area is 205 Å². The van der Waals surface area contributed by atoms with E-state index in [1.54, 1.807) is 43.5 Å². The molecule has 1 aromatic carbocycles. The molecule has 0 aliphatic carbocycles. The molecule has 1 N–H and O–H groups in total. The summed E-state index contributed by atoms with van der Waals surface area (Å²) in [7, 11) is 0.349. The minimum atomic E-state index is -1.25. The van der Waals surface area contributed by atoms with Crippen molar-refractivity contribution in [3.8, 4) is 5.75 Å². The lowest BCUT2D eigenvalue weighted by Gasteiger charge is -2.40. The number of nitrogens with zero attached hydrogens (tertiary/aromatic N) is 2. The molecule has 2 aromatic rings. The van der Waals surface area contributed by atoms with Gasteiger partial charge in [0.1, 0.15) is 11.5 Å². The normalized spacial score (nSPS) is 19.1. The summed E-state index contributed by atoms with van der Waals surface area (Å²) in [6.45, 7) is 6.51. The number of nitrogens with one attached hydrogen (secondary N) is 1. The molecule has 8 heteroatoms. The van der Waals surface area contributed by atoms with Crippen LogP contribution < -0.4 is 10.1 Å². The molecule has 1 atom stereocenters. The average molecular weight is 488 g/mol. The lowest BCUT2D eigenvalue weighted by Crippen LogP contribution is -2.47. The number of rotatable bonds is 10. The molecule has 186 valence electrons. The van der Waals surface area contributed by atoms with Crippen LogP contribution in [0.3, 0.4) is 0 Å². The second-order valence-corrected chi connectivity index (χ2v) is 10.7. The summed E-state index contributed by atoms with van der Waals surface area (Å²) in [6.07, 6.45) is 7.56. The summed E-state index contributed by atoms with van der Waals surface area (Å²) >= 11 is 0. The second-order valence-electron chi connectivity index (χ2n) is 9.21. The SMILES string of the molecule is COc1ccc(S(=O)Cc2ccc(C(=O)NCCCN3CCC(N4CCCCC4)CC3)o2)cc1. The number of hydrogen-bond donors (Lipinski definition) is 1. The molecular formula is C26H37N3O4S. The molecule has 0 bridgehead atoms. The van der Waals surface area contributed by atoms with Gasteiger partial charge in [0.2, 0.25) is 0 Å². The standard InChI is InChI=1S/C26H37N3O4S/c1-32-22-6-9-24(10-7-22)34(31)20-23-8-11-25(33-23)26(30)27-14-5-15-28-18-12-21(13-19-28)29-16-3-2-4-17-29/h6-11,21H,2-5,12-20H2,1H3,(H,27,30). The van der Waals surface area contributed by atoms with Crippen LogP contribution in [-0.2, 0) is 16.6 Å². The van der Waals surface area contributed by atoms with Crippen LogP contribution in [0.15, 0.2) is 45.7 Å².